The summed E-state index contributed by atoms with van der Waals surface area (Å²) < 4.78 is 5.02. The van der Waals surface area contributed by atoms with E-state index in [2.05, 4.69) is 204 Å². The second-order valence-corrected chi connectivity index (χ2v) is 14.1. The lowest BCUT2D eigenvalue weighted by molar-refractivity contribution is 1.18. The summed E-state index contributed by atoms with van der Waals surface area (Å²) in [5.74, 6) is 0. The molecule has 0 aliphatic heterocycles. The molecule has 2 heterocycles. The van der Waals surface area contributed by atoms with Gasteiger partial charge in [-0.2, -0.15) is 0 Å². The van der Waals surface area contributed by atoms with E-state index in [0.29, 0.717) is 0 Å². The highest BCUT2D eigenvalue weighted by molar-refractivity contribution is 7.25. The highest BCUT2D eigenvalue weighted by Crippen LogP contribution is 2.41. The zero-order valence-electron chi connectivity index (χ0n) is 27.8. The fourth-order valence-electron chi connectivity index (χ4n) is 7.54. The van der Waals surface area contributed by atoms with Crippen LogP contribution in [-0.4, -0.2) is 4.57 Å². The molecule has 240 valence electrons. The minimum atomic E-state index is 1.11. The first-order valence-electron chi connectivity index (χ1n) is 17.3. The van der Waals surface area contributed by atoms with Crippen LogP contribution in [0, 0.1) is 0 Å². The van der Waals surface area contributed by atoms with Crippen molar-refractivity contribution in [2.45, 2.75) is 0 Å². The number of anilines is 3. The molecule has 8 aromatic carbocycles. The van der Waals surface area contributed by atoms with Crippen LogP contribution in [0.4, 0.5) is 17.1 Å². The molecule has 0 atom stereocenters. The van der Waals surface area contributed by atoms with Crippen LogP contribution < -0.4 is 4.90 Å². The smallest absolute Gasteiger partial charge is 0.0542 e. The van der Waals surface area contributed by atoms with E-state index in [-0.39, 0.29) is 0 Å². The van der Waals surface area contributed by atoms with Gasteiger partial charge >= 0.3 is 0 Å². The maximum absolute atomic E-state index is 2.38. The molecule has 10 rings (SSSR count). The van der Waals surface area contributed by atoms with Crippen LogP contribution in [0.15, 0.2) is 194 Å². The molecule has 0 amide bonds. The van der Waals surface area contributed by atoms with E-state index in [1.807, 2.05) is 11.3 Å². The number of rotatable bonds is 6. The Balaban J connectivity index is 1.10. The first-order chi connectivity index (χ1) is 25.3. The monoisotopic (exact) mass is 668 g/mol. The van der Waals surface area contributed by atoms with Crippen molar-refractivity contribution in [1.29, 1.82) is 0 Å². The summed E-state index contributed by atoms with van der Waals surface area (Å²) >= 11 is 1.86. The Morgan fingerprint density at radius 3 is 1.61 bits per heavy atom. The lowest BCUT2D eigenvalue weighted by atomic mass is 10.0. The van der Waals surface area contributed by atoms with Gasteiger partial charge in [0.25, 0.3) is 0 Å². The van der Waals surface area contributed by atoms with Gasteiger partial charge in [-0.15, -0.1) is 11.3 Å². The Hall–Kier alpha value is -6.42. The van der Waals surface area contributed by atoms with Gasteiger partial charge in [-0.3, -0.25) is 0 Å². The third-order valence-corrected chi connectivity index (χ3v) is 11.1. The molecule has 0 saturated carbocycles. The van der Waals surface area contributed by atoms with Gasteiger partial charge in [0.15, 0.2) is 0 Å². The number of fused-ring (bicyclic) bond motifs is 6. The Labute approximate surface area is 300 Å². The number of aromatic nitrogens is 1. The Morgan fingerprint density at radius 1 is 0.333 bits per heavy atom. The van der Waals surface area contributed by atoms with Crippen molar-refractivity contribution in [3.8, 4) is 27.9 Å². The second kappa shape index (κ2) is 12.2. The lowest BCUT2D eigenvalue weighted by Crippen LogP contribution is -2.10. The van der Waals surface area contributed by atoms with Crippen molar-refractivity contribution in [2.75, 3.05) is 4.90 Å². The molecular formula is C48H32N2S. The van der Waals surface area contributed by atoms with Gasteiger partial charge in [0.2, 0.25) is 0 Å². The first-order valence-corrected chi connectivity index (χ1v) is 18.2. The zero-order chi connectivity index (χ0) is 33.7. The maximum atomic E-state index is 2.38. The molecule has 0 unspecified atom stereocenters. The molecule has 0 fully saturated rings. The normalized spacial score (nSPS) is 11.5. The molecule has 3 heteroatoms. The molecule has 0 aliphatic carbocycles. The Kier molecular flexibility index (Phi) is 7.04. The predicted molar refractivity (Wildman–Crippen MR) is 219 cm³/mol. The van der Waals surface area contributed by atoms with Crippen LogP contribution in [-0.2, 0) is 0 Å². The average Bonchev–Trinajstić information content (AvgIpc) is 3.74. The fourth-order valence-corrected chi connectivity index (χ4v) is 8.69. The number of para-hydroxylation sites is 2. The maximum Gasteiger partial charge on any atom is 0.0542 e. The number of hydrogen-bond donors (Lipinski definition) is 0. The summed E-state index contributed by atoms with van der Waals surface area (Å²) in [6.07, 6.45) is 0. The van der Waals surface area contributed by atoms with Gasteiger partial charge in [0, 0.05) is 53.7 Å². The van der Waals surface area contributed by atoms with Gasteiger partial charge in [-0.05, 0) is 95.1 Å². The molecule has 0 bridgehead atoms. The van der Waals surface area contributed by atoms with E-state index in [4.69, 9.17) is 0 Å². The highest BCUT2D eigenvalue weighted by atomic mass is 32.1. The molecule has 0 radical (unpaired) electrons. The van der Waals surface area contributed by atoms with Gasteiger partial charge in [0.1, 0.15) is 0 Å². The van der Waals surface area contributed by atoms with Gasteiger partial charge in [0.05, 0.1) is 11.0 Å². The Bertz CT molecular complexity index is 2830. The van der Waals surface area contributed by atoms with Crippen molar-refractivity contribution in [1.82, 2.24) is 4.57 Å². The summed E-state index contributed by atoms with van der Waals surface area (Å²) in [4.78, 5) is 2.38. The SMILES string of the molecule is c1ccc(-c2ccc(N(c3ccc(-c4ccc5c(c4)sc4ccccc45)cc3)c3ccc4c(c3)c3ccccc3n4-c3ccccc3)cc2)cc1. The minimum absolute atomic E-state index is 1.11. The van der Waals surface area contributed by atoms with Crippen molar-refractivity contribution >= 4 is 70.4 Å². The van der Waals surface area contributed by atoms with Crippen LogP contribution in [0.1, 0.15) is 0 Å². The summed E-state index contributed by atoms with van der Waals surface area (Å²) in [6.45, 7) is 0. The largest absolute Gasteiger partial charge is 0.310 e. The second-order valence-electron chi connectivity index (χ2n) is 13.0. The van der Waals surface area contributed by atoms with Crippen LogP contribution in [0.2, 0.25) is 0 Å². The van der Waals surface area contributed by atoms with E-state index in [9.17, 15) is 0 Å². The quantitative estimate of drug-likeness (QED) is 0.171. The third kappa shape index (κ3) is 5.10. The van der Waals surface area contributed by atoms with E-state index in [1.54, 1.807) is 0 Å². The first kappa shape index (κ1) is 29.5. The molecule has 51 heavy (non-hydrogen) atoms. The highest BCUT2D eigenvalue weighted by Gasteiger charge is 2.18. The van der Waals surface area contributed by atoms with Crippen molar-refractivity contribution in [2.24, 2.45) is 0 Å². The number of nitrogens with zero attached hydrogens (tertiary/aromatic N) is 2. The molecule has 10 aromatic rings. The van der Waals surface area contributed by atoms with Crippen molar-refractivity contribution < 1.29 is 0 Å². The van der Waals surface area contributed by atoms with Gasteiger partial charge in [-0.1, -0.05) is 121 Å². The molecule has 0 saturated heterocycles. The van der Waals surface area contributed by atoms with Crippen LogP contribution >= 0.6 is 11.3 Å². The van der Waals surface area contributed by atoms with Crippen molar-refractivity contribution in [3.05, 3.63) is 194 Å². The molecule has 0 aliphatic rings. The van der Waals surface area contributed by atoms with E-state index < -0.39 is 0 Å². The van der Waals surface area contributed by atoms with Crippen molar-refractivity contribution in [3.63, 3.8) is 0 Å². The number of benzene rings is 8. The van der Waals surface area contributed by atoms with Gasteiger partial charge < -0.3 is 9.47 Å². The summed E-state index contributed by atoms with van der Waals surface area (Å²) in [7, 11) is 0. The lowest BCUT2D eigenvalue weighted by Gasteiger charge is -2.26. The van der Waals surface area contributed by atoms with Crippen LogP contribution in [0.3, 0.4) is 0 Å². The molecular weight excluding hydrogens is 637 g/mol. The zero-order valence-corrected chi connectivity index (χ0v) is 28.6. The number of thiophene rings is 1. The molecule has 0 spiro atoms. The van der Waals surface area contributed by atoms with Crippen LogP contribution in [0.25, 0.3) is 69.9 Å². The number of hydrogen-bond acceptors (Lipinski definition) is 2. The summed E-state index contributed by atoms with van der Waals surface area (Å²) in [6, 6.07) is 70.4. The molecule has 0 N–H and O–H groups in total. The minimum Gasteiger partial charge on any atom is -0.310 e. The van der Waals surface area contributed by atoms with E-state index >= 15 is 0 Å². The molecule has 2 aromatic heterocycles. The van der Waals surface area contributed by atoms with Gasteiger partial charge in [-0.25, -0.2) is 0 Å². The topological polar surface area (TPSA) is 8.17 Å². The predicted octanol–water partition coefficient (Wildman–Crippen LogP) is 14.0. The Morgan fingerprint density at radius 2 is 0.863 bits per heavy atom. The standard InChI is InChI=1S/C48H32N2S/c1-3-11-33(12-4-1)34-19-24-38(25-20-34)49(39-26-21-35(22-27-39)36-23-29-43-42-16-8-10-18-47(42)51-48(43)31-36)40-28-30-46-44(32-40)41-15-7-9-17-45(41)50(46)37-13-5-2-6-14-37/h1-32H. The van der Waals surface area contributed by atoms with E-state index in [1.165, 1.54) is 64.2 Å². The summed E-state index contributed by atoms with van der Waals surface area (Å²) in [5.41, 5.74) is 11.7. The fraction of sp³-hybridized carbons (Fsp3) is 0. The van der Waals surface area contributed by atoms with E-state index in [0.717, 1.165) is 22.7 Å². The third-order valence-electron chi connectivity index (χ3n) is 10.00. The molecule has 2 nitrogen and oxygen atoms in total. The van der Waals surface area contributed by atoms with Crippen LogP contribution in [0.5, 0.6) is 0 Å². The average molecular weight is 669 g/mol. The summed E-state index contributed by atoms with van der Waals surface area (Å²) in [5, 5.41) is 5.12.